The molecule has 0 unspecified atom stereocenters. The summed E-state index contributed by atoms with van der Waals surface area (Å²) < 4.78 is 2.08. The number of pyridine rings is 1. The summed E-state index contributed by atoms with van der Waals surface area (Å²) in [6.45, 7) is 0. The highest BCUT2D eigenvalue weighted by molar-refractivity contribution is 5.94. The van der Waals surface area contributed by atoms with Crippen molar-refractivity contribution in [3.8, 4) is 28.3 Å². The number of nitrogens with zero attached hydrogens (tertiary/aromatic N) is 3. The molecule has 2 heterocycles. The number of hydrogen-bond acceptors (Lipinski definition) is 4. The van der Waals surface area contributed by atoms with E-state index in [9.17, 15) is 4.79 Å². The largest absolute Gasteiger partial charge is 0.366 e. The number of aromatic nitrogens is 3. The Kier molecular flexibility index (Phi) is 4.97. The van der Waals surface area contributed by atoms with Crippen LogP contribution in [0.1, 0.15) is 35.2 Å². The highest BCUT2D eigenvalue weighted by Gasteiger charge is 2.34. The van der Waals surface area contributed by atoms with Crippen molar-refractivity contribution in [2.75, 3.05) is 0 Å². The minimum absolute atomic E-state index is 0.214. The van der Waals surface area contributed by atoms with Crippen LogP contribution in [0, 0.1) is 0 Å². The minimum atomic E-state index is -0.464. The molecule has 35 heavy (non-hydrogen) atoms. The lowest BCUT2D eigenvalue weighted by Crippen LogP contribution is -2.43. The van der Waals surface area contributed by atoms with Crippen LogP contribution in [0.2, 0.25) is 0 Å². The van der Waals surface area contributed by atoms with E-state index in [1.165, 1.54) is 6.42 Å². The molecule has 0 bridgehead atoms. The summed E-state index contributed by atoms with van der Waals surface area (Å²) in [6.07, 6.45) is 3.21. The monoisotopic (exact) mass is 459 g/mol. The van der Waals surface area contributed by atoms with Gasteiger partial charge in [0, 0.05) is 27.9 Å². The average Bonchev–Trinajstić information content (AvgIpc) is 3.27. The Morgan fingerprint density at radius 1 is 0.829 bits per heavy atom. The molecule has 6 nitrogen and oxygen atoms in total. The summed E-state index contributed by atoms with van der Waals surface area (Å²) in [5.74, 6) is 0.351. The topological polar surface area (TPSA) is 99.8 Å². The van der Waals surface area contributed by atoms with Gasteiger partial charge in [0.2, 0.25) is 5.91 Å². The number of fused-ring (bicyclic) bond motifs is 1. The first-order valence-electron chi connectivity index (χ1n) is 11.8. The lowest BCUT2D eigenvalue weighted by Gasteiger charge is -2.38. The number of amides is 1. The molecule has 6 rings (SSSR count). The quantitative estimate of drug-likeness (QED) is 0.378. The van der Waals surface area contributed by atoms with Crippen molar-refractivity contribution < 1.29 is 4.79 Å². The predicted octanol–water partition coefficient (Wildman–Crippen LogP) is 5.19. The Bertz CT molecular complexity index is 1550. The van der Waals surface area contributed by atoms with E-state index in [1.807, 2.05) is 54.6 Å². The summed E-state index contributed by atoms with van der Waals surface area (Å²) in [5, 5.41) is 0. The van der Waals surface area contributed by atoms with Crippen LogP contribution in [0.4, 0.5) is 0 Å². The van der Waals surface area contributed by atoms with Crippen molar-refractivity contribution in [2.24, 2.45) is 11.5 Å². The van der Waals surface area contributed by atoms with Gasteiger partial charge in [-0.15, -0.1) is 0 Å². The molecule has 1 aliphatic rings. The van der Waals surface area contributed by atoms with Gasteiger partial charge in [0.1, 0.15) is 11.3 Å². The molecule has 1 amide bonds. The lowest BCUT2D eigenvalue weighted by atomic mass is 9.73. The van der Waals surface area contributed by atoms with Crippen LogP contribution >= 0.6 is 0 Å². The van der Waals surface area contributed by atoms with E-state index < -0.39 is 5.91 Å². The van der Waals surface area contributed by atoms with E-state index >= 15 is 0 Å². The van der Waals surface area contributed by atoms with Crippen molar-refractivity contribution in [1.29, 1.82) is 0 Å². The number of primary amides is 1. The van der Waals surface area contributed by atoms with Crippen LogP contribution in [0.5, 0.6) is 0 Å². The number of rotatable bonds is 5. The summed E-state index contributed by atoms with van der Waals surface area (Å²) >= 11 is 0. The number of imidazole rings is 1. The fraction of sp³-hybridized carbons (Fsp3) is 0.138. The predicted molar refractivity (Wildman–Crippen MR) is 138 cm³/mol. The van der Waals surface area contributed by atoms with Crippen molar-refractivity contribution in [3.05, 3.63) is 102 Å². The van der Waals surface area contributed by atoms with Crippen molar-refractivity contribution in [1.82, 2.24) is 14.5 Å². The van der Waals surface area contributed by atoms with Gasteiger partial charge in [-0.3, -0.25) is 9.36 Å². The summed E-state index contributed by atoms with van der Waals surface area (Å²) in [7, 11) is 0. The summed E-state index contributed by atoms with van der Waals surface area (Å²) in [5.41, 5.74) is 18.5. The van der Waals surface area contributed by atoms with Crippen LogP contribution in [0.15, 0.2) is 91.0 Å². The SMILES string of the molecule is NC(=O)c1cccc(-c2ccc3nc(-c4ccccc4)n(-c4ccc(C5(N)CCC5)cc4)c3n2)c1. The second-order valence-electron chi connectivity index (χ2n) is 9.18. The maximum atomic E-state index is 11.7. The van der Waals surface area contributed by atoms with E-state index in [4.69, 9.17) is 21.4 Å². The molecule has 1 aliphatic carbocycles. The number of benzene rings is 3. The number of nitrogens with two attached hydrogens (primary N) is 2. The first-order chi connectivity index (χ1) is 17.0. The second kappa shape index (κ2) is 8.18. The molecule has 6 heteroatoms. The first-order valence-corrected chi connectivity index (χ1v) is 11.8. The maximum absolute atomic E-state index is 11.7. The molecule has 2 aromatic heterocycles. The highest BCUT2D eigenvalue weighted by Crippen LogP contribution is 2.39. The molecule has 0 spiro atoms. The van der Waals surface area contributed by atoms with Crippen molar-refractivity contribution in [3.63, 3.8) is 0 Å². The van der Waals surface area contributed by atoms with Crippen LogP contribution < -0.4 is 11.5 Å². The molecule has 1 saturated carbocycles. The van der Waals surface area contributed by atoms with E-state index in [-0.39, 0.29) is 5.54 Å². The normalized spacial score (nSPS) is 14.5. The van der Waals surface area contributed by atoms with Gasteiger partial charge in [-0.2, -0.15) is 0 Å². The fourth-order valence-electron chi connectivity index (χ4n) is 4.76. The third kappa shape index (κ3) is 3.68. The van der Waals surface area contributed by atoms with Gasteiger partial charge in [-0.05, 0) is 61.2 Å². The molecule has 1 fully saturated rings. The Morgan fingerprint density at radius 3 is 2.26 bits per heavy atom. The van der Waals surface area contributed by atoms with Gasteiger partial charge in [0.25, 0.3) is 0 Å². The van der Waals surface area contributed by atoms with Gasteiger partial charge in [-0.25, -0.2) is 9.97 Å². The van der Waals surface area contributed by atoms with Crippen molar-refractivity contribution >= 4 is 17.1 Å². The zero-order valence-electron chi connectivity index (χ0n) is 19.2. The maximum Gasteiger partial charge on any atom is 0.248 e. The number of carbonyl (C=O) groups excluding carboxylic acids is 1. The Balaban J connectivity index is 1.53. The molecule has 172 valence electrons. The molecular weight excluding hydrogens is 434 g/mol. The molecule has 5 aromatic rings. The van der Waals surface area contributed by atoms with E-state index in [0.29, 0.717) is 5.56 Å². The average molecular weight is 460 g/mol. The van der Waals surface area contributed by atoms with Gasteiger partial charge < -0.3 is 11.5 Å². The zero-order valence-corrected chi connectivity index (χ0v) is 19.2. The van der Waals surface area contributed by atoms with Gasteiger partial charge in [0.05, 0.1) is 5.69 Å². The highest BCUT2D eigenvalue weighted by atomic mass is 16.1. The number of hydrogen-bond donors (Lipinski definition) is 2. The molecule has 4 N–H and O–H groups in total. The molecule has 0 radical (unpaired) electrons. The van der Waals surface area contributed by atoms with Gasteiger partial charge >= 0.3 is 0 Å². The summed E-state index contributed by atoms with van der Waals surface area (Å²) in [6, 6.07) is 29.6. The minimum Gasteiger partial charge on any atom is -0.366 e. The Morgan fingerprint density at radius 2 is 1.57 bits per heavy atom. The molecule has 0 saturated heterocycles. The second-order valence-corrected chi connectivity index (χ2v) is 9.18. The molecular formula is C29H25N5O. The van der Waals surface area contributed by atoms with Gasteiger partial charge in [-0.1, -0.05) is 54.6 Å². The van der Waals surface area contributed by atoms with Crippen LogP contribution in [0.3, 0.4) is 0 Å². The van der Waals surface area contributed by atoms with Crippen LogP contribution in [0.25, 0.3) is 39.5 Å². The molecule has 0 aliphatic heterocycles. The van der Waals surface area contributed by atoms with E-state index in [0.717, 1.165) is 57.9 Å². The standard InChI is InChI=1S/C29H25N5O/c30-26(35)21-9-4-8-20(18-21)24-14-15-25-28(32-24)34(27(33-25)19-6-2-1-3-7-19)23-12-10-22(11-13-23)29(31)16-5-17-29/h1-4,6-15,18H,5,16-17,31H2,(H2,30,35). The first kappa shape index (κ1) is 21.3. The van der Waals surface area contributed by atoms with Gasteiger partial charge in [0.15, 0.2) is 5.65 Å². The summed E-state index contributed by atoms with van der Waals surface area (Å²) in [4.78, 5) is 21.6. The van der Waals surface area contributed by atoms with E-state index in [2.05, 4.69) is 28.8 Å². The van der Waals surface area contributed by atoms with E-state index in [1.54, 1.807) is 12.1 Å². The third-order valence-electron chi connectivity index (χ3n) is 6.93. The number of carbonyl (C=O) groups is 1. The molecule has 0 atom stereocenters. The van der Waals surface area contributed by atoms with Crippen LogP contribution in [-0.4, -0.2) is 20.4 Å². The smallest absolute Gasteiger partial charge is 0.248 e. The fourth-order valence-corrected chi connectivity index (χ4v) is 4.76. The Labute approximate surface area is 203 Å². The third-order valence-corrected chi connectivity index (χ3v) is 6.93. The lowest BCUT2D eigenvalue weighted by molar-refractivity contribution is 0.100. The molecule has 3 aromatic carbocycles. The van der Waals surface area contributed by atoms with Crippen LogP contribution in [-0.2, 0) is 5.54 Å². The van der Waals surface area contributed by atoms with Crippen molar-refractivity contribution in [2.45, 2.75) is 24.8 Å². The zero-order chi connectivity index (χ0) is 24.0. The Hall–Kier alpha value is -4.29.